The molecule has 7 heteroatoms. The van der Waals surface area contributed by atoms with Gasteiger partial charge in [0.1, 0.15) is 22.4 Å². The van der Waals surface area contributed by atoms with Crippen molar-refractivity contribution in [3.8, 4) is 11.3 Å². The van der Waals surface area contributed by atoms with Crippen LogP contribution in [0.25, 0.3) is 11.3 Å². The molecule has 1 heterocycles. The third-order valence-electron chi connectivity index (χ3n) is 3.27. The van der Waals surface area contributed by atoms with Gasteiger partial charge in [-0.25, -0.2) is 14.4 Å². The van der Waals surface area contributed by atoms with E-state index in [9.17, 15) is 9.18 Å². The molecular formula is C16H14BrClFN3O. The molecule has 0 aliphatic rings. The molecule has 4 nitrogen and oxygen atoms in total. The summed E-state index contributed by atoms with van der Waals surface area (Å²) < 4.78 is 16.5. The molecule has 2 rings (SSSR count). The van der Waals surface area contributed by atoms with E-state index < -0.39 is 5.82 Å². The summed E-state index contributed by atoms with van der Waals surface area (Å²) in [7, 11) is 1.77. The molecule has 0 aliphatic heterocycles. The Bertz CT molecular complexity index is 874. The molecule has 0 fully saturated rings. The van der Waals surface area contributed by atoms with Gasteiger partial charge >= 0.3 is 0 Å². The number of hydrogen-bond acceptors (Lipinski definition) is 3. The summed E-state index contributed by atoms with van der Waals surface area (Å²) in [5, 5.41) is 0.303. The van der Waals surface area contributed by atoms with Gasteiger partial charge in [-0.1, -0.05) is 11.6 Å². The Kier molecular flexibility index (Phi) is 5.49. The molecule has 0 amide bonds. The smallest absolute Gasteiger partial charge is 0.159 e. The molecule has 0 atom stereocenters. The predicted octanol–water partition coefficient (Wildman–Crippen LogP) is 4.04. The first kappa shape index (κ1) is 17.6. The highest BCUT2D eigenvalue weighted by atomic mass is 79.9. The Morgan fingerprint density at radius 3 is 2.74 bits per heavy atom. The van der Waals surface area contributed by atoms with E-state index in [2.05, 4.69) is 25.9 Å². The number of allylic oxidation sites excluding steroid dienone is 2. The Morgan fingerprint density at radius 1 is 1.43 bits per heavy atom. The highest BCUT2D eigenvalue weighted by molar-refractivity contribution is 9.10. The van der Waals surface area contributed by atoms with Gasteiger partial charge in [0.25, 0.3) is 0 Å². The maximum atomic E-state index is 14.3. The zero-order valence-corrected chi connectivity index (χ0v) is 15.1. The molecule has 2 aromatic rings. The lowest BCUT2D eigenvalue weighted by Gasteiger charge is -2.09. The zero-order valence-electron chi connectivity index (χ0n) is 12.8. The van der Waals surface area contributed by atoms with Crippen LogP contribution in [0.3, 0.4) is 0 Å². The van der Waals surface area contributed by atoms with E-state index in [-0.39, 0.29) is 5.56 Å². The largest absolute Gasteiger partial charge is 0.332 e. The molecule has 0 aliphatic carbocycles. The third kappa shape index (κ3) is 3.95. The van der Waals surface area contributed by atoms with Gasteiger partial charge in [-0.3, -0.25) is 4.79 Å². The van der Waals surface area contributed by atoms with Crippen LogP contribution in [-0.4, -0.2) is 15.8 Å². The van der Waals surface area contributed by atoms with Crippen LogP contribution in [0.15, 0.2) is 45.3 Å². The number of aryl methyl sites for hydroxylation is 1. The molecule has 0 saturated carbocycles. The van der Waals surface area contributed by atoms with Crippen molar-refractivity contribution in [2.24, 2.45) is 12.0 Å². The lowest BCUT2D eigenvalue weighted by Crippen LogP contribution is -2.22. The molecule has 120 valence electrons. The van der Waals surface area contributed by atoms with Gasteiger partial charge in [-0.2, -0.15) is 0 Å². The van der Waals surface area contributed by atoms with Crippen LogP contribution in [0, 0.1) is 5.82 Å². The van der Waals surface area contributed by atoms with Crippen molar-refractivity contribution in [2.75, 3.05) is 0 Å². The number of hydrogen-bond donors (Lipinski definition) is 0. The number of rotatable bonds is 3. The highest BCUT2D eigenvalue weighted by Crippen LogP contribution is 2.23. The Morgan fingerprint density at radius 2 is 2.13 bits per heavy atom. The lowest BCUT2D eigenvalue weighted by atomic mass is 10.1. The molecule has 1 aromatic carbocycles. The summed E-state index contributed by atoms with van der Waals surface area (Å²) in [4.78, 5) is 19.7. The van der Waals surface area contributed by atoms with Crippen molar-refractivity contribution in [3.05, 3.63) is 56.6 Å². The zero-order chi connectivity index (χ0) is 17.1. The van der Waals surface area contributed by atoms with Crippen LogP contribution in [0.2, 0.25) is 5.02 Å². The minimum Gasteiger partial charge on any atom is -0.332 e. The predicted molar refractivity (Wildman–Crippen MR) is 91.3 cm³/mol. The van der Waals surface area contributed by atoms with Gasteiger partial charge < -0.3 is 4.57 Å². The molecule has 0 unspecified atom stereocenters. The fourth-order valence-electron chi connectivity index (χ4n) is 1.90. The average Bonchev–Trinajstić information content (AvgIpc) is 2.49. The van der Waals surface area contributed by atoms with E-state index in [0.29, 0.717) is 32.1 Å². The second kappa shape index (κ2) is 7.19. The van der Waals surface area contributed by atoms with Crippen molar-refractivity contribution >= 4 is 33.8 Å². The Labute approximate surface area is 146 Å². The van der Waals surface area contributed by atoms with E-state index >= 15 is 0 Å². The minimum absolute atomic E-state index is 0.279. The fraction of sp³-hybridized carbons (Fsp3) is 0.188. The van der Waals surface area contributed by atoms with Crippen LogP contribution in [-0.2, 0) is 11.8 Å². The summed E-state index contributed by atoms with van der Waals surface area (Å²) >= 11 is 9.11. The summed E-state index contributed by atoms with van der Waals surface area (Å²) in [6.07, 6.45) is 2.44. The first-order valence-electron chi connectivity index (χ1n) is 6.69. The number of halogens is 3. The fourth-order valence-corrected chi connectivity index (χ4v) is 2.54. The Balaban J connectivity index is 2.83. The maximum absolute atomic E-state index is 14.3. The molecular weight excluding hydrogens is 385 g/mol. The topological polar surface area (TPSA) is 47.2 Å². The number of aldehydes is 1. The first-order valence-corrected chi connectivity index (χ1v) is 7.86. The Hall–Kier alpha value is -1.79. The minimum atomic E-state index is -0.492. The van der Waals surface area contributed by atoms with Crippen LogP contribution in [0.4, 0.5) is 4.39 Å². The van der Waals surface area contributed by atoms with Gasteiger partial charge in [0.15, 0.2) is 5.49 Å². The molecule has 0 radical (unpaired) electrons. The van der Waals surface area contributed by atoms with Crippen molar-refractivity contribution in [3.63, 3.8) is 0 Å². The summed E-state index contributed by atoms with van der Waals surface area (Å²) in [6, 6.07) is 4.37. The normalized spacial score (nSPS) is 13.0. The van der Waals surface area contributed by atoms with Crippen LogP contribution in [0.1, 0.15) is 13.8 Å². The van der Waals surface area contributed by atoms with Gasteiger partial charge in [-0.15, -0.1) is 0 Å². The van der Waals surface area contributed by atoms with Gasteiger partial charge in [0.05, 0.1) is 0 Å². The monoisotopic (exact) mass is 397 g/mol. The second-order valence-electron chi connectivity index (χ2n) is 4.97. The maximum Gasteiger partial charge on any atom is 0.159 e. The summed E-state index contributed by atoms with van der Waals surface area (Å²) in [5.74, 6) is -0.492. The SMILES string of the molecule is C/C(C=O)=C(\C)N=c1c(-c2ccc(Cl)cc2F)nc(Br)cn1C. The second-order valence-corrected chi connectivity index (χ2v) is 6.22. The number of carbonyl (C=O) groups excluding carboxylic acids is 1. The van der Waals surface area contributed by atoms with Crippen LogP contribution >= 0.6 is 27.5 Å². The number of aromatic nitrogens is 2. The van der Waals surface area contributed by atoms with Crippen LogP contribution < -0.4 is 5.49 Å². The van der Waals surface area contributed by atoms with E-state index in [1.165, 1.54) is 6.07 Å². The molecule has 0 saturated heterocycles. The van der Waals surface area contributed by atoms with Gasteiger partial charge in [-0.05, 0) is 48.0 Å². The molecule has 0 bridgehead atoms. The van der Waals surface area contributed by atoms with Crippen molar-refractivity contribution in [2.45, 2.75) is 13.8 Å². The number of carbonyl (C=O) groups is 1. The molecule has 0 N–H and O–H groups in total. The van der Waals surface area contributed by atoms with E-state index in [4.69, 9.17) is 11.6 Å². The van der Waals surface area contributed by atoms with Crippen LogP contribution in [0.5, 0.6) is 0 Å². The van der Waals surface area contributed by atoms with Crippen molar-refractivity contribution in [1.29, 1.82) is 0 Å². The van der Waals surface area contributed by atoms with Crippen molar-refractivity contribution in [1.82, 2.24) is 9.55 Å². The summed E-state index contributed by atoms with van der Waals surface area (Å²) in [6.45, 7) is 3.38. The summed E-state index contributed by atoms with van der Waals surface area (Å²) in [5.41, 5.74) is 2.11. The number of benzene rings is 1. The first-order chi connectivity index (χ1) is 10.8. The molecule has 1 aromatic heterocycles. The van der Waals surface area contributed by atoms with Gasteiger partial charge in [0, 0.05) is 35.1 Å². The third-order valence-corrected chi connectivity index (χ3v) is 3.89. The highest BCUT2D eigenvalue weighted by Gasteiger charge is 2.12. The average molecular weight is 399 g/mol. The van der Waals surface area contributed by atoms with Crippen molar-refractivity contribution < 1.29 is 9.18 Å². The standard InChI is InChI=1S/C16H14BrClFN3O/c1-9(8-23)10(2)20-16-15(21-14(17)7-22(16)3)12-5-4-11(18)6-13(12)19/h4-8H,1-3H3/b10-9-,20-16?. The van der Waals surface area contributed by atoms with E-state index in [1.54, 1.807) is 43.8 Å². The van der Waals surface area contributed by atoms with Gasteiger partial charge in [0.2, 0.25) is 0 Å². The number of nitrogens with zero attached hydrogens (tertiary/aromatic N) is 3. The van der Waals surface area contributed by atoms with E-state index in [1.807, 2.05) is 0 Å². The quantitative estimate of drug-likeness (QED) is 0.579. The molecule has 0 spiro atoms. The lowest BCUT2D eigenvalue weighted by molar-refractivity contribution is -0.104. The molecule has 23 heavy (non-hydrogen) atoms. The van der Waals surface area contributed by atoms with E-state index in [0.717, 1.165) is 6.29 Å².